The monoisotopic (exact) mass is 357 g/mol. The number of hydrogen-bond acceptors (Lipinski definition) is 4. The highest BCUT2D eigenvalue weighted by Crippen LogP contribution is 2.20. The third-order valence-corrected chi connectivity index (χ3v) is 4.73. The van der Waals surface area contributed by atoms with Gasteiger partial charge in [-0.3, -0.25) is 4.99 Å². The molecule has 1 aliphatic heterocycles. The third-order valence-electron chi connectivity index (χ3n) is 4.73. The second-order valence-electron chi connectivity index (χ2n) is 6.74. The Morgan fingerprint density at radius 2 is 2.08 bits per heavy atom. The second-order valence-corrected chi connectivity index (χ2v) is 6.74. The van der Waals surface area contributed by atoms with Crippen molar-refractivity contribution in [2.24, 2.45) is 4.99 Å². The molecular formula is C19H24FN5O. The van der Waals surface area contributed by atoms with Crippen LogP contribution in [0.25, 0.3) is 0 Å². The quantitative estimate of drug-likeness (QED) is 0.657. The van der Waals surface area contributed by atoms with Crippen LogP contribution in [0, 0.1) is 5.82 Å². The number of aromatic nitrogens is 1. The van der Waals surface area contributed by atoms with Gasteiger partial charge in [-0.05, 0) is 37.1 Å². The van der Waals surface area contributed by atoms with Crippen LogP contribution in [-0.2, 0) is 6.42 Å². The van der Waals surface area contributed by atoms with Gasteiger partial charge in [0, 0.05) is 51.4 Å². The van der Waals surface area contributed by atoms with E-state index in [1.54, 1.807) is 18.5 Å². The lowest BCUT2D eigenvalue weighted by Crippen LogP contribution is -2.53. The number of rotatable bonds is 5. The zero-order chi connectivity index (χ0) is 17.8. The van der Waals surface area contributed by atoms with Crippen LogP contribution >= 0.6 is 0 Å². The fourth-order valence-corrected chi connectivity index (χ4v) is 3.11. The van der Waals surface area contributed by atoms with Crippen molar-refractivity contribution in [1.82, 2.24) is 15.2 Å². The highest BCUT2D eigenvalue weighted by Gasteiger charge is 2.27. The minimum atomic E-state index is -0.260. The molecule has 2 fully saturated rings. The summed E-state index contributed by atoms with van der Waals surface area (Å²) < 4.78 is 19.3. The Kier molecular flexibility index (Phi) is 5.04. The van der Waals surface area contributed by atoms with Crippen molar-refractivity contribution in [3.05, 3.63) is 48.3 Å². The van der Waals surface area contributed by atoms with Gasteiger partial charge < -0.3 is 19.5 Å². The molecular weight excluding hydrogens is 333 g/mol. The van der Waals surface area contributed by atoms with E-state index in [1.807, 2.05) is 17.0 Å². The minimum absolute atomic E-state index is 0.260. The van der Waals surface area contributed by atoms with Crippen LogP contribution in [0.1, 0.15) is 18.6 Å². The Hall–Kier alpha value is -2.57. The SMILES string of the molecule is Fc1cccnc1N1CCN(C(=NCCc2ccco2)NC2CC2)CC1. The fraction of sp³-hybridized carbons (Fsp3) is 0.474. The molecule has 0 aromatic carbocycles. The Labute approximate surface area is 152 Å². The van der Waals surface area contributed by atoms with E-state index in [9.17, 15) is 4.39 Å². The van der Waals surface area contributed by atoms with Crippen molar-refractivity contribution in [3.63, 3.8) is 0 Å². The Balaban J connectivity index is 1.36. The largest absolute Gasteiger partial charge is 0.469 e. The molecule has 1 saturated carbocycles. The first-order chi connectivity index (χ1) is 12.8. The Bertz CT molecular complexity index is 736. The molecule has 0 spiro atoms. The molecule has 1 N–H and O–H groups in total. The number of hydrogen-bond donors (Lipinski definition) is 1. The van der Waals surface area contributed by atoms with Crippen molar-refractivity contribution < 1.29 is 8.81 Å². The maximum atomic E-state index is 13.9. The Morgan fingerprint density at radius 3 is 2.77 bits per heavy atom. The van der Waals surface area contributed by atoms with Crippen molar-refractivity contribution in [2.75, 3.05) is 37.6 Å². The van der Waals surface area contributed by atoms with Crippen LogP contribution in [0.4, 0.5) is 10.2 Å². The number of anilines is 1. The molecule has 1 saturated heterocycles. The van der Waals surface area contributed by atoms with Crippen LogP contribution in [0.3, 0.4) is 0 Å². The van der Waals surface area contributed by atoms with Gasteiger partial charge in [0.05, 0.1) is 6.26 Å². The fourth-order valence-electron chi connectivity index (χ4n) is 3.11. The summed E-state index contributed by atoms with van der Waals surface area (Å²) in [6.45, 7) is 3.76. The summed E-state index contributed by atoms with van der Waals surface area (Å²) >= 11 is 0. The molecule has 0 amide bonds. The molecule has 2 aromatic heterocycles. The van der Waals surface area contributed by atoms with E-state index in [0.717, 1.165) is 44.3 Å². The van der Waals surface area contributed by atoms with Crippen LogP contribution in [0.5, 0.6) is 0 Å². The zero-order valence-corrected chi connectivity index (χ0v) is 14.8. The summed E-state index contributed by atoms with van der Waals surface area (Å²) in [5.74, 6) is 2.10. The molecule has 138 valence electrons. The molecule has 3 heterocycles. The summed E-state index contributed by atoms with van der Waals surface area (Å²) in [5.41, 5.74) is 0. The summed E-state index contributed by atoms with van der Waals surface area (Å²) in [6.07, 6.45) is 6.54. The zero-order valence-electron chi connectivity index (χ0n) is 14.8. The van der Waals surface area contributed by atoms with Crippen molar-refractivity contribution in [2.45, 2.75) is 25.3 Å². The number of guanidine groups is 1. The van der Waals surface area contributed by atoms with Gasteiger partial charge in [0.1, 0.15) is 5.76 Å². The predicted molar refractivity (Wildman–Crippen MR) is 98.9 cm³/mol. The summed E-state index contributed by atoms with van der Waals surface area (Å²) in [4.78, 5) is 13.2. The number of halogens is 1. The van der Waals surface area contributed by atoms with E-state index in [0.29, 0.717) is 18.4 Å². The van der Waals surface area contributed by atoms with Gasteiger partial charge in [-0.25, -0.2) is 9.37 Å². The van der Waals surface area contributed by atoms with Crippen LogP contribution in [-0.4, -0.2) is 54.6 Å². The average molecular weight is 357 g/mol. The lowest BCUT2D eigenvalue weighted by molar-refractivity contribution is 0.368. The maximum Gasteiger partial charge on any atom is 0.194 e. The van der Waals surface area contributed by atoms with E-state index >= 15 is 0 Å². The van der Waals surface area contributed by atoms with E-state index < -0.39 is 0 Å². The molecule has 1 aliphatic carbocycles. The highest BCUT2D eigenvalue weighted by molar-refractivity contribution is 5.81. The number of nitrogens with one attached hydrogen (secondary N) is 1. The van der Waals surface area contributed by atoms with Gasteiger partial charge in [-0.2, -0.15) is 0 Å². The lowest BCUT2D eigenvalue weighted by Gasteiger charge is -2.37. The van der Waals surface area contributed by atoms with Crippen molar-refractivity contribution >= 4 is 11.8 Å². The molecule has 2 aromatic rings. The van der Waals surface area contributed by atoms with E-state index in [-0.39, 0.29) is 5.82 Å². The molecule has 2 aliphatic rings. The number of piperazine rings is 1. The minimum Gasteiger partial charge on any atom is -0.469 e. The summed E-state index contributed by atoms with van der Waals surface area (Å²) in [6, 6.07) is 7.51. The molecule has 26 heavy (non-hydrogen) atoms. The highest BCUT2D eigenvalue weighted by atomic mass is 19.1. The predicted octanol–water partition coefficient (Wildman–Crippen LogP) is 2.29. The van der Waals surface area contributed by atoms with E-state index in [2.05, 4.69) is 15.2 Å². The summed E-state index contributed by atoms with van der Waals surface area (Å²) in [7, 11) is 0. The van der Waals surface area contributed by atoms with Crippen LogP contribution < -0.4 is 10.2 Å². The first kappa shape index (κ1) is 16.9. The maximum absolute atomic E-state index is 13.9. The Morgan fingerprint density at radius 1 is 1.23 bits per heavy atom. The van der Waals surface area contributed by atoms with Gasteiger partial charge in [-0.1, -0.05) is 0 Å². The topological polar surface area (TPSA) is 56.9 Å². The van der Waals surface area contributed by atoms with Gasteiger partial charge in [0.2, 0.25) is 0 Å². The average Bonchev–Trinajstić information content (AvgIpc) is 3.34. The molecule has 0 bridgehead atoms. The molecule has 0 radical (unpaired) electrons. The van der Waals surface area contributed by atoms with Gasteiger partial charge >= 0.3 is 0 Å². The number of furan rings is 1. The first-order valence-corrected chi connectivity index (χ1v) is 9.23. The lowest BCUT2D eigenvalue weighted by atomic mass is 10.3. The number of aliphatic imine (C=N–C) groups is 1. The van der Waals surface area contributed by atoms with E-state index in [1.165, 1.54) is 18.9 Å². The van der Waals surface area contributed by atoms with E-state index in [4.69, 9.17) is 9.41 Å². The first-order valence-electron chi connectivity index (χ1n) is 9.23. The van der Waals surface area contributed by atoms with Crippen LogP contribution in [0.2, 0.25) is 0 Å². The van der Waals surface area contributed by atoms with Gasteiger partial charge in [0.15, 0.2) is 17.6 Å². The molecule has 0 unspecified atom stereocenters. The van der Waals surface area contributed by atoms with Crippen molar-refractivity contribution in [1.29, 1.82) is 0 Å². The van der Waals surface area contributed by atoms with Crippen molar-refractivity contribution in [3.8, 4) is 0 Å². The van der Waals surface area contributed by atoms with Gasteiger partial charge in [0.25, 0.3) is 0 Å². The standard InChI is InChI=1S/C19H24FN5O/c20-17-4-1-8-21-18(17)24-10-12-25(13-11-24)19(23-15-5-6-15)22-9-7-16-3-2-14-26-16/h1-4,8,14-15H,5-7,9-13H2,(H,22,23). The molecule has 0 atom stereocenters. The number of pyridine rings is 1. The van der Waals surface area contributed by atoms with Crippen LogP contribution in [0.15, 0.2) is 46.1 Å². The molecule has 4 rings (SSSR count). The normalized spacial score (nSPS) is 18.3. The number of nitrogens with zero attached hydrogens (tertiary/aromatic N) is 4. The molecule has 6 nitrogen and oxygen atoms in total. The third kappa shape index (κ3) is 4.15. The molecule has 7 heteroatoms. The summed E-state index contributed by atoms with van der Waals surface area (Å²) in [5, 5.41) is 3.54. The smallest absolute Gasteiger partial charge is 0.194 e. The van der Waals surface area contributed by atoms with Gasteiger partial charge in [-0.15, -0.1) is 0 Å². The second kappa shape index (κ2) is 7.76.